The fourth-order valence-electron chi connectivity index (χ4n) is 2.17. The van der Waals surface area contributed by atoms with Crippen LogP contribution < -0.4 is 0 Å². The summed E-state index contributed by atoms with van der Waals surface area (Å²) in [5.74, 6) is 0.121. The predicted octanol–water partition coefficient (Wildman–Crippen LogP) is 3.09. The van der Waals surface area contributed by atoms with Gasteiger partial charge in [0, 0.05) is 31.4 Å². The summed E-state index contributed by atoms with van der Waals surface area (Å²) < 4.78 is 1.76. The lowest BCUT2D eigenvalue weighted by molar-refractivity contribution is 0.0694. The number of nitrogens with zero attached hydrogens (tertiary/aromatic N) is 3. The number of thiophene rings is 1. The van der Waals surface area contributed by atoms with Crippen LogP contribution in [-0.4, -0.2) is 26.6 Å². The predicted molar refractivity (Wildman–Crippen MR) is 81.9 cm³/mol. The van der Waals surface area contributed by atoms with E-state index < -0.39 is 0 Å². The lowest BCUT2D eigenvalue weighted by Crippen LogP contribution is -2.36. The maximum atomic E-state index is 12.7. The molecule has 4 nitrogen and oxygen atoms in total. The first kappa shape index (κ1) is 14.8. The van der Waals surface area contributed by atoms with Gasteiger partial charge in [0.05, 0.1) is 11.1 Å². The molecule has 0 bridgehead atoms. The number of carbonyl (C=O) groups excluding carboxylic acids is 1. The number of rotatable bonds is 5. The number of amides is 1. The van der Waals surface area contributed by atoms with Gasteiger partial charge >= 0.3 is 0 Å². The van der Waals surface area contributed by atoms with E-state index in [1.165, 1.54) is 11.3 Å². The Kier molecular flexibility index (Phi) is 4.60. The summed E-state index contributed by atoms with van der Waals surface area (Å²) in [6.45, 7) is 6.78. The topological polar surface area (TPSA) is 38.1 Å². The Morgan fingerprint density at radius 1 is 1.50 bits per heavy atom. The Hall–Kier alpha value is -1.62. The van der Waals surface area contributed by atoms with E-state index in [1.807, 2.05) is 49.6 Å². The van der Waals surface area contributed by atoms with Crippen LogP contribution in [0.2, 0.25) is 0 Å². The highest BCUT2D eigenvalue weighted by molar-refractivity contribution is 7.12. The third-order valence-electron chi connectivity index (χ3n) is 3.32. The molecule has 0 aliphatic heterocycles. The molecule has 20 heavy (non-hydrogen) atoms. The molecule has 1 amide bonds. The van der Waals surface area contributed by atoms with Crippen LogP contribution >= 0.6 is 11.3 Å². The maximum Gasteiger partial charge on any atom is 0.264 e. The van der Waals surface area contributed by atoms with Crippen molar-refractivity contribution in [3.63, 3.8) is 0 Å². The van der Waals surface area contributed by atoms with Crippen molar-refractivity contribution in [2.24, 2.45) is 7.05 Å². The van der Waals surface area contributed by atoms with Crippen molar-refractivity contribution >= 4 is 17.2 Å². The molecule has 2 aromatic heterocycles. The van der Waals surface area contributed by atoms with Gasteiger partial charge in [-0.25, -0.2) is 0 Å². The smallest absolute Gasteiger partial charge is 0.264 e. The van der Waals surface area contributed by atoms with Crippen molar-refractivity contribution in [1.29, 1.82) is 0 Å². The van der Waals surface area contributed by atoms with Crippen LogP contribution in [0.3, 0.4) is 0 Å². The van der Waals surface area contributed by atoms with Crippen LogP contribution in [0, 0.1) is 0 Å². The largest absolute Gasteiger partial charge is 0.331 e. The molecule has 5 heteroatoms. The van der Waals surface area contributed by atoms with Crippen LogP contribution in [0.25, 0.3) is 0 Å². The number of carbonyl (C=O) groups is 1. The molecule has 0 aliphatic carbocycles. The molecule has 0 N–H and O–H groups in total. The molecule has 0 radical (unpaired) electrons. The first-order chi connectivity index (χ1) is 9.52. The molecule has 0 unspecified atom stereocenters. The van der Waals surface area contributed by atoms with Crippen molar-refractivity contribution in [2.45, 2.75) is 39.8 Å². The summed E-state index contributed by atoms with van der Waals surface area (Å²) >= 11 is 1.53. The highest BCUT2D eigenvalue weighted by Crippen LogP contribution is 2.22. The minimum absolute atomic E-state index is 0.121. The third-order valence-corrected chi connectivity index (χ3v) is 4.26. The van der Waals surface area contributed by atoms with Gasteiger partial charge in [-0.2, -0.15) is 5.10 Å². The lowest BCUT2D eigenvalue weighted by atomic mass is 10.1. The van der Waals surface area contributed by atoms with E-state index in [9.17, 15) is 4.79 Å². The first-order valence-corrected chi connectivity index (χ1v) is 7.75. The summed E-state index contributed by atoms with van der Waals surface area (Å²) in [5.41, 5.74) is 2.20. The second-order valence-electron chi connectivity index (χ2n) is 5.18. The van der Waals surface area contributed by atoms with Gasteiger partial charge in [-0.15, -0.1) is 11.3 Å². The average Bonchev–Trinajstić information content (AvgIpc) is 3.03. The Bertz CT molecular complexity index is 585. The molecule has 108 valence electrons. The molecule has 2 aromatic rings. The molecule has 2 rings (SSSR count). The maximum absolute atomic E-state index is 12.7. The zero-order valence-corrected chi connectivity index (χ0v) is 13.3. The minimum atomic E-state index is 0.121. The van der Waals surface area contributed by atoms with Gasteiger partial charge in [0.15, 0.2) is 0 Å². The highest BCUT2D eigenvalue weighted by atomic mass is 32.1. The van der Waals surface area contributed by atoms with Crippen LogP contribution in [0.1, 0.15) is 41.6 Å². The van der Waals surface area contributed by atoms with Gasteiger partial charge in [0.25, 0.3) is 5.91 Å². The summed E-state index contributed by atoms with van der Waals surface area (Å²) in [6.07, 6.45) is 4.67. The van der Waals surface area contributed by atoms with Crippen LogP contribution in [0.5, 0.6) is 0 Å². The molecule has 0 saturated carbocycles. The van der Waals surface area contributed by atoms with E-state index >= 15 is 0 Å². The second kappa shape index (κ2) is 6.22. The van der Waals surface area contributed by atoms with E-state index in [1.54, 1.807) is 4.68 Å². The zero-order valence-electron chi connectivity index (χ0n) is 12.5. The molecular formula is C15H21N3OS. The quantitative estimate of drug-likeness (QED) is 0.849. The number of hydrogen-bond acceptors (Lipinski definition) is 3. The van der Waals surface area contributed by atoms with Crippen molar-refractivity contribution in [1.82, 2.24) is 14.7 Å². The fraction of sp³-hybridized carbons (Fsp3) is 0.467. The SMILES string of the molecule is CCc1ccsc1C(=O)N(Cc1cnn(C)c1)C(C)C. The monoisotopic (exact) mass is 291 g/mol. The van der Waals surface area contributed by atoms with Crippen LogP contribution in [0.15, 0.2) is 23.8 Å². The van der Waals surface area contributed by atoms with Gasteiger partial charge in [0.1, 0.15) is 0 Å². The van der Waals surface area contributed by atoms with E-state index in [-0.39, 0.29) is 11.9 Å². The van der Waals surface area contributed by atoms with Crippen LogP contribution in [0.4, 0.5) is 0 Å². The molecule has 0 aromatic carbocycles. The highest BCUT2D eigenvalue weighted by Gasteiger charge is 2.22. The van der Waals surface area contributed by atoms with Crippen molar-refractivity contribution < 1.29 is 4.79 Å². The number of aromatic nitrogens is 2. The van der Waals surface area contributed by atoms with Gasteiger partial charge < -0.3 is 4.90 Å². The van der Waals surface area contributed by atoms with E-state index in [0.717, 1.165) is 22.4 Å². The van der Waals surface area contributed by atoms with Crippen molar-refractivity contribution in [3.05, 3.63) is 39.8 Å². The van der Waals surface area contributed by atoms with Crippen molar-refractivity contribution in [2.75, 3.05) is 0 Å². The van der Waals surface area contributed by atoms with Crippen molar-refractivity contribution in [3.8, 4) is 0 Å². The Morgan fingerprint density at radius 2 is 2.25 bits per heavy atom. The molecule has 0 saturated heterocycles. The molecule has 0 aliphatic rings. The summed E-state index contributed by atoms with van der Waals surface area (Å²) in [5, 5.41) is 6.16. The fourth-order valence-corrected chi connectivity index (χ4v) is 3.12. The second-order valence-corrected chi connectivity index (χ2v) is 6.09. The molecule has 0 spiro atoms. The Labute approximate surface area is 124 Å². The Morgan fingerprint density at radius 3 is 2.80 bits per heavy atom. The Balaban J connectivity index is 2.22. The number of aryl methyl sites for hydroxylation is 2. The summed E-state index contributed by atoms with van der Waals surface area (Å²) in [6, 6.07) is 2.20. The molecule has 0 fully saturated rings. The molecule has 0 atom stereocenters. The first-order valence-electron chi connectivity index (χ1n) is 6.87. The average molecular weight is 291 g/mol. The lowest BCUT2D eigenvalue weighted by Gasteiger charge is -2.26. The molecular weight excluding hydrogens is 270 g/mol. The van der Waals surface area contributed by atoms with E-state index in [2.05, 4.69) is 12.0 Å². The van der Waals surface area contributed by atoms with Gasteiger partial charge in [-0.1, -0.05) is 6.92 Å². The third kappa shape index (κ3) is 3.10. The van der Waals surface area contributed by atoms with E-state index in [0.29, 0.717) is 6.54 Å². The van der Waals surface area contributed by atoms with Gasteiger partial charge in [-0.05, 0) is 37.3 Å². The van der Waals surface area contributed by atoms with E-state index in [4.69, 9.17) is 0 Å². The van der Waals surface area contributed by atoms with Gasteiger partial charge in [0.2, 0.25) is 0 Å². The number of hydrogen-bond donors (Lipinski definition) is 0. The summed E-state index contributed by atoms with van der Waals surface area (Å²) in [4.78, 5) is 15.5. The summed E-state index contributed by atoms with van der Waals surface area (Å²) in [7, 11) is 1.89. The van der Waals surface area contributed by atoms with Gasteiger partial charge in [-0.3, -0.25) is 9.48 Å². The zero-order chi connectivity index (χ0) is 14.7. The standard InChI is InChI=1S/C15H21N3OS/c1-5-13-6-7-20-14(13)15(19)18(11(2)3)10-12-8-16-17(4)9-12/h6-9,11H,5,10H2,1-4H3. The minimum Gasteiger partial charge on any atom is -0.331 e. The van der Waals surface area contributed by atoms with Crippen LogP contribution in [-0.2, 0) is 20.0 Å². The normalized spacial score (nSPS) is 11.1. The molecule has 2 heterocycles.